The third-order valence-electron chi connectivity index (χ3n) is 5.21. The van der Waals surface area contributed by atoms with Gasteiger partial charge in [0.1, 0.15) is 5.03 Å². The van der Waals surface area contributed by atoms with Crippen LogP contribution in [0.5, 0.6) is 0 Å². The van der Waals surface area contributed by atoms with Gasteiger partial charge >= 0.3 is 5.69 Å². The summed E-state index contributed by atoms with van der Waals surface area (Å²) in [5.41, 5.74) is 2.94. The van der Waals surface area contributed by atoms with E-state index in [1.54, 1.807) is 0 Å². The second-order valence-electron chi connectivity index (χ2n) is 7.80. The molecule has 3 rings (SSSR count). The topological polar surface area (TPSA) is 67.2 Å². The Bertz CT molecular complexity index is 945. The lowest BCUT2D eigenvalue weighted by molar-refractivity contribution is -0.118. The van der Waals surface area contributed by atoms with Crippen molar-refractivity contribution in [1.82, 2.24) is 19.8 Å². The minimum absolute atomic E-state index is 0.0959. The molecule has 1 aromatic carbocycles. The summed E-state index contributed by atoms with van der Waals surface area (Å²) in [5.74, 6) is 0.134. The molecule has 0 aliphatic heterocycles. The molecule has 0 saturated carbocycles. The van der Waals surface area contributed by atoms with Gasteiger partial charge in [-0.25, -0.2) is 4.79 Å². The van der Waals surface area contributed by atoms with Gasteiger partial charge in [0.25, 0.3) is 0 Å². The SMILES string of the molecule is CN(C)CCCn1c2c(c(SCC(=O)NCc3ccccc3Cl)nc1=O)CCCC2. The molecule has 2 aromatic rings. The third kappa shape index (κ3) is 6.09. The molecular weight excluding hydrogens is 420 g/mol. The van der Waals surface area contributed by atoms with E-state index in [-0.39, 0.29) is 17.3 Å². The number of fused-ring (bicyclic) bond motifs is 1. The van der Waals surface area contributed by atoms with Crippen LogP contribution in [0.25, 0.3) is 0 Å². The first kappa shape index (κ1) is 22.8. The van der Waals surface area contributed by atoms with Crippen LogP contribution in [-0.2, 0) is 30.7 Å². The maximum absolute atomic E-state index is 12.7. The highest BCUT2D eigenvalue weighted by atomic mass is 35.5. The molecule has 1 heterocycles. The lowest BCUT2D eigenvalue weighted by Gasteiger charge is -2.23. The molecule has 1 aromatic heterocycles. The van der Waals surface area contributed by atoms with Crippen molar-refractivity contribution in [2.75, 3.05) is 26.4 Å². The smallest absolute Gasteiger partial charge is 0.348 e. The third-order valence-corrected chi connectivity index (χ3v) is 6.60. The molecule has 0 spiro atoms. The van der Waals surface area contributed by atoms with Gasteiger partial charge in [0, 0.05) is 29.4 Å². The van der Waals surface area contributed by atoms with E-state index in [4.69, 9.17) is 11.6 Å². The highest BCUT2D eigenvalue weighted by Crippen LogP contribution is 2.28. The Hall–Kier alpha value is -1.83. The van der Waals surface area contributed by atoms with Crippen molar-refractivity contribution in [1.29, 1.82) is 0 Å². The highest BCUT2D eigenvalue weighted by Gasteiger charge is 2.21. The fourth-order valence-electron chi connectivity index (χ4n) is 3.66. The summed E-state index contributed by atoms with van der Waals surface area (Å²) >= 11 is 7.50. The molecule has 0 radical (unpaired) electrons. The number of rotatable bonds is 9. The van der Waals surface area contributed by atoms with Gasteiger partial charge in [-0.3, -0.25) is 9.36 Å². The van der Waals surface area contributed by atoms with Gasteiger partial charge in [-0.2, -0.15) is 4.98 Å². The second kappa shape index (κ2) is 11.0. The van der Waals surface area contributed by atoms with Gasteiger partial charge in [0.2, 0.25) is 5.91 Å². The second-order valence-corrected chi connectivity index (χ2v) is 9.17. The van der Waals surface area contributed by atoms with E-state index in [1.165, 1.54) is 11.8 Å². The monoisotopic (exact) mass is 448 g/mol. The van der Waals surface area contributed by atoms with Crippen molar-refractivity contribution in [2.24, 2.45) is 0 Å². The van der Waals surface area contributed by atoms with Crippen LogP contribution < -0.4 is 11.0 Å². The standard InChI is InChI=1S/C22H29ClN4O2S/c1-26(2)12-7-13-27-19-11-6-4-9-17(19)21(25-22(27)29)30-15-20(28)24-14-16-8-3-5-10-18(16)23/h3,5,8,10H,4,6-7,9,11-15H2,1-2H3,(H,24,28). The molecule has 0 saturated heterocycles. The zero-order valence-electron chi connectivity index (χ0n) is 17.6. The number of aromatic nitrogens is 2. The molecule has 1 aliphatic carbocycles. The molecule has 8 heteroatoms. The number of thioether (sulfide) groups is 1. The summed E-state index contributed by atoms with van der Waals surface area (Å²) in [6.45, 7) is 2.01. The maximum atomic E-state index is 12.7. The average Bonchev–Trinajstić information content (AvgIpc) is 2.73. The van der Waals surface area contributed by atoms with E-state index in [0.29, 0.717) is 23.1 Å². The first-order valence-corrected chi connectivity index (χ1v) is 11.7. The summed E-state index contributed by atoms with van der Waals surface area (Å²) in [6, 6.07) is 7.46. The molecule has 0 fully saturated rings. The lowest BCUT2D eigenvalue weighted by atomic mass is 9.97. The predicted octanol–water partition coefficient (Wildman–Crippen LogP) is 3.14. The Labute approximate surface area is 187 Å². The van der Waals surface area contributed by atoms with Crippen LogP contribution in [-0.4, -0.2) is 46.8 Å². The van der Waals surface area contributed by atoms with Gasteiger partial charge in [-0.05, 0) is 64.4 Å². The van der Waals surface area contributed by atoms with Crippen molar-refractivity contribution in [3.63, 3.8) is 0 Å². The van der Waals surface area contributed by atoms with Crippen LogP contribution in [0.4, 0.5) is 0 Å². The molecule has 30 heavy (non-hydrogen) atoms. The van der Waals surface area contributed by atoms with Crippen LogP contribution in [0, 0.1) is 0 Å². The van der Waals surface area contributed by atoms with Crippen molar-refractivity contribution in [3.05, 3.63) is 56.6 Å². The van der Waals surface area contributed by atoms with Crippen molar-refractivity contribution in [2.45, 2.75) is 50.2 Å². The van der Waals surface area contributed by atoms with Crippen LogP contribution >= 0.6 is 23.4 Å². The summed E-state index contributed by atoms with van der Waals surface area (Å²) in [4.78, 5) is 31.5. The predicted molar refractivity (Wildman–Crippen MR) is 122 cm³/mol. The van der Waals surface area contributed by atoms with E-state index in [1.807, 2.05) is 42.9 Å². The van der Waals surface area contributed by atoms with Gasteiger partial charge in [0.15, 0.2) is 0 Å². The lowest BCUT2D eigenvalue weighted by Crippen LogP contribution is -2.31. The fourth-order valence-corrected chi connectivity index (χ4v) is 4.77. The van der Waals surface area contributed by atoms with Crippen LogP contribution in [0.2, 0.25) is 5.02 Å². The fraction of sp³-hybridized carbons (Fsp3) is 0.500. The van der Waals surface area contributed by atoms with Gasteiger partial charge in [0.05, 0.1) is 5.75 Å². The Morgan fingerprint density at radius 3 is 2.80 bits per heavy atom. The van der Waals surface area contributed by atoms with E-state index < -0.39 is 0 Å². The molecule has 0 bridgehead atoms. The number of carbonyl (C=O) groups is 1. The normalized spacial score (nSPS) is 13.3. The van der Waals surface area contributed by atoms with Crippen molar-refractivity contribution >= 4 is 29.3 Å². The number of nitrogens with one attached hydrogen (secondary N) is 1. The number of nitrogens with zero attached hydrogens (tertiary/aromatic N) is 3. The largest absolute Gasteiger partial charge is 0.351 e. The Morgan fingerprint density at radius 1 is 1.27 bits per heavy atom. The maximum Gasteiger partial charge on any atom is 0.348 e. The van der Waals surface area contributed by atoms with Gasteiger partial charge < -0.3 is 10.2 Å². The van der Waals surface area contributed by atoms with E-state index >= 15 is 0 Å². The first-order valence-electron chi connectivity index (χ1n) is 10.4. The minimum atomic E-state index is -0.201. The van der Waals surface area contributed by atoms with Crippen molar-refractivity contribution in [3.8, 4) is 0 Å². The van der Waals surface area contributed by atoms with E-state index in [0.717, 1.165) is 55.5 Å². The molecular formula is C22H29ClN4O2S. The molecule has 162 valence electrons. The van der Waals surface area contributed by atoms with Crippen LogP contribution in [0.1, 0.15) is 36.1 Å². The Morgan fingerprint density at radius 2 is 2.03 bits per heavy atom. The van der Waals surface area contributed by atoms with Crippen molar-refractivity contribution < 1.29 is 4.79 Å². The minimum Gasteiger partial charge on any atom is -0.351 e. The molecule has 1 amide bonds. The summed E-state index contributed by atoms with van der Waals surface area (Å²) in [6.07, 6.45) is 4.92. The Balaban J connectivity index is 1.65. The number of halogens is 1. The molecule has 1 N–H and O–H groups in total. The summed E-state index contributed by atoms with van der Waals surface area (Å²) in [5, 5.41) is 4.25. The van der Waals surface area contributed by atoms with E-state index in [2.05, 4.69) is 15.2 Å². The number of benzene rings is 1. The summed E-state index contributed by atoms with van der Waals surface area (Å²) in [7, 11) is 4.07. The zero-order chi connectivity index (χ0) is 21.5. The highest BCUT2D eigenvalue weighted by molar-refractivity contribution is 7.99. The number of hydrogen-bond acceptors (Lipinski definition) is 5. The number of amides is 1. The molecule has 0 unspecified atom stereocenters. The number of hydrogen-bond donors (Lipinski definition) is 1. The van der Waals surface area contributed by atoms with Crippen LogP contribution in [0.3, 0.4) is 0 Å². The number of carbonyl (C=O) groups excluding carboxylic acids is 1. The average molecular weight is 449 g/mol. The van der Waals surface area contributed by atoms with E-state index in [9.17, 15) is 9.59 Å². The van der Waals surface area contributed by atoms with Crippen LogP contribution in [0.15, 0.2) is 34.1 Å². The quantitative estimate of drug-likeness (QED) is 0.471. The summed E-state index contributed by atoms with van der Waals surface area (Å²) < 4.78 is 1.85. The first-order chi connectivity index (χ1) is 14.5. The Kier molecular flexibility index (Phi) is 8.36. The van der Waals surface area contributed by atoms with Gasteiger partial charge in [-0.15, -0.1) is 0 Å². The molecule has 6 nitrogen and oxygen atoms in total. The molecule has 0 atom stereocenters. The zero-order valence-corrected chi connectivity index (χ0v) is 19.2. The van der Waals surface area contributed by atoms with Gasteiger partial charge in [-0.1, -0.05) is 41.6 Å². The molecule has 1 aliphatic rings.